The third-order valence-electron chi connectivity index (χ3n) is 4.84. The highest BCUT2D eigenvalue weighted by Crippen LogP contribution is 2.17. The molecule has 1 aliphatic rings. The van der Waals surface area contributed by atoms with E-state index in [0.717, 1.165) is 39.0 Å². The summed E-state index contributed by atoms with van der Waals surface area (Å²) in [5.41, 5.74) is 1.21. The molecule has 0 spiro atoms. The van der Waals surface area contributed by atoms with Crippen molar-refractivity contribution in [2.24, 2.45) is 0 Å². The van der Waals surface area contributed by atoms with Crippen LogP contribution >= 0.6 is 0 Å². The summed E-state index contributed by atoms with van der Waals surface area (Å²) < 4.78 is 0. The first-order valence-electron chi connectivity index (χ1n) is 9.04. The van der Waals surface area contributed by atoms with Gasteiger partial charge in [0.05, 0.1) is 0 Å². The van der Waals surface area contributed by atoms with Crippen molar-refractivity contribution in [2.45, 2.75) is 45.2 Å². The van der Waals surface area contributed by atoms with Crippen molar-refractivity contribution in [3.05, 3.63) is 30.1 Å². The Kier molecular flexibility index (Phi) is 7.18. The molecule has 0 N–H and O–H groups in total. The predicted molar refractivity (Wildman–Crippen MR) is 97.9 cm³/mol. The number of hydrogen-bond acceptors (Lipinski definition) is 4. The Hall–Kier alpha value is -1.46. The van der Waals surface area contributed by atoms with Gasteiger partial charge in [0.2, 0.25) is 5.91 Å². The summed E-state index contributed by atoms with van der Waals surface area (Å²) in [6, 6.07) is 4.88. The van der Waals surface area contributed by atoms with Crippen molar-refractivity contribution >= 4 is 5.91 Å². The molecule has 2 unspecified atom stereocenters. The van der Waals surface area contributed by atoms with Gasteiger partial charge in [-0.3, -0.25) is 14.7 Å². The van der Waals surface area contributed by atoms with Gasteiger partial charge in [0.15, 0.2) is 0 Å². The zero-order valence-electron chi connectivity index (χ0n) is 15.6. The van der Waals surface area contributed by atoms with Crippen LogP contribution in [0, 0.1) is 0 Å². The molecule has 2 heterocycles. The Morgan fingerprint density at radius 1 is 1.29 bits per heavy atom. The Bertz CT molecular complexity index is 493. The number of rotatable bonds is 7. The molecule has 5 nitrogen and oxygen atoms in total. The lowest BCUT2D eigenvalue weighted by Gasteiger charge is -2.45. The second-order valence-corrected chi connectivity index (χ2v) is 7.25. The van der Waals surface area contributed by atoms with E-state index < -0.39 is 0 Å². The Morgan fingerprint density at radius 2 is 2.00 bits per heavy atom. The second-order valence-electron chi connectivity index (χ2n) is 7.25. The quantitative estimate of drug-likeness (QED) is 0.764. The van der Waals surface area contributed by atoms with Gasteiger partial charge in [-0.2, -0.15) is 0 Å². The molecule has 1 amide bonds. The van der Waals surface area contributed by atoms with Crippen LogP contribution in [0.5, 0.6) is 0 Å². The smallest absolute Gasteiger partial charge is 0.222 e. The molecule has 1 aromatic rings. The summed E-state index contributed by atoms with van der Waals surface area (Å²) in [4.78, 5) is 23.5. The molecule has 0 aromatic carbocycles. The fourth-order valence-corrected chi connectivity index (χ4v) is 3.46. The fraction of sp³-hybridized carbons (Fsp3) is 0.684. The second kappa shape index (κ2) is 9.14. The van der Waals surface area contributed by atoms with Gasteiger partial charge in [-0.25, -0.2) is 0 Å². The summed E-state index contributed by atoms with van der Waals surface area (Å²) in [7, 11) is 4.22. The number of carbonyl (C=O) groups excluding carboxylic acids is 1. The maximum Gasteiger partial charge on any atom is 0.222 e. The van der Waals surface area contributed by atoms with Crippen LogP contribution in [0.1, 0.15) is 32.3 Å². The fourth-order valence-electron chi connectivity index (χ4n) is 3.46. The first kappa shape index (κ1) is 18.9. The van der Waals surface area contributed by atoms with Gasteiger partial charge in [-0.05, 0) is 52.4 Å². The van der Waals surface area contributed by atoms with Crippen LogP contribution in [-0.4, -0.2) is 77.9 Å². The number of likely N-dealkylation sites (N-methyl/N-ethyl adjacent to an activating group) is 1. The molecule has 0 radical (unpaired) electrons. The molecule has 1 aliphatic heterocycles. The molecule has 0 bridgehead atoms. The number of pyridine rings is 1. The molecular weight excluding hydrogens is 300 g/mol. The van der Waals surface area contributed by atoms with E-state index in [9.17, 15) is 4.79 Å². The summed E-state index contributed by atoms with van der Waals surface area (Å²) in [5.74, 6) is 0.296. The van der Waals surface area contributed by atoms with Gasteiger partial charge >= 0.3 is 0 Å². The molecule has 2 rings (SSSR count). The first-order valence-corrected chi connectivity index (χ1v) is 9.04. The Morgan fingerprint density at radius 3 is 2.58 bits per heavy atom. The zero-order valence-corrected chi connectivity index (χ0v) is 15.6. The lowest BCUT2D eigenvalue weighted by Crippen LogP contribution is -2.59. The number of nitrogens with zero attached hydrogens (tertiary/aromatic N) is 4. The van der Waals surface area contributed by atoms with Gasteiger partial charge < -0.3 is 9.80 Å². The largest absolute Gasteiger partial charge is 0.340 e. The Labute approximate surface area is 146 Å². The number of amides is 1. The molecule has 1 saturated heterocycles. The Balaban J connectivity index is 1.77. The van der Waals surface area contributed by atoms with Crippen molar-refractivity contribution in [1.82, 2.24) is 19.7 Å². The van der Waals surface area contributed by atoms with E-state index in [2.05, 4.69) is 53.7 Å². The first-order chi connectivity index (χ1) is 11.5. The SMILES string of the molecule is CC1CN(C(=O)CCCc2cccnc2)CC(C)N1CCN(C)C. The average molecular weight is 332 g/mol. The highest BCUT2D eigenvalue weighted by molar-refractivity contribution is 5.76. The lowest BCUT2D eigenvalue weighted by atomic mass is 10.1. The number of carbonyl (C=O) groups is 1. The summed E-state index contributed by atoms with van der Waals surface area (Å²) >= 11 is 0. The summed E-state index contributed by atoms with van der Waals surface area (Å²) in [6.45, 7) is 8.31. The number of aromatic nitrogens is 1. The van der Waals surface area contributed by atoms with E-state index in [-0.39, 0.29) is 0 Å². The minimum Gasteiger partial charge on any atom is -0.340 e. The van der Waals surface area contributed by atoms with E-state index in [1.165, 1.54) is 5.56 Å². The van der Waals surface area contributed by atoms with Crippen LogP contribution in [0.25, 0.3) is 0 Å². The summed E-state index contributed by atoms with van der Waals surface area (Å²) in [5, 5.41) is 0. The zero-order chi connectivity index (χ0) is 17.5. The van der Waals surface area contributed by atoms with Crippen molar-refractivity contribution in [3.8, 4) is 0 Å². The molecule has 0 aliphatic carbocycles. The third kappa shape index (κ3) is 5.56. The third-order valence-corrected chi connectivity index (χ3v) is 4.84. The lowest BCUT2D eigenvalue weighted by molar-refractivity contribution is -0.135. The van der Waals surface area contributed by atoms with E-state index in [0.29, 0.717) is 24.4 Å². The predicted octanol–water partition coefficient (Wildman–Crippen LogP) is 1.89. The molecular formula is C19H32N4O. The van der Waals surface area contributed by atoms with Gasteiger partial charge in [0.1, 0.15) is 0 Å². The van der Waals surface area contributed by atoms with Gasteiger partial charge in [-0.15, -0.1) is 0 Å². The van der Waals surface area contributed by atoms with Crippen LogP contribution in [0.3, 0.4) is 0 Å². The van der Waals surface area contributed by atoms with Crippen LogP contribution < -0.4 is 0 Å². The highest BCUT2D eigenvalue weighted by Gasteiger charge is 2.31. The van der Waals surface area contributed by atoms with Gasteiger partial charge in [0.25, 0.3) is 0 Å². The van der Waals surface area contributed by atoms with E-state index in [1.54, 1.807) is 6.20 Å². The van der Waals surface area contributed by atoms with Crippen LogP contribution in [-0.2, 0) is 11.2 Å². The molecule has 24 heavy (non-hydrogen) atoms. The van der Waals surface area contributed by atoms with E-state index in [1.807, 2.05) is 12.3 Å². The van der Waals surface area contributed by atoms with E-state index in [4.69, 9.17) is 0 Å². The number of aryl methyl sites for hydroxylation is 1. The molecule has 5 heteroatoms. The van der Waals surface area contributed by atoms with Crippen molar-refractivity contribution in [2.75, 3.05) is 40.3 Å². The molecule has 2 atom stereocenters. The standard InChI is InChI=1S/C19H32N4O/c1-16-14-22(15-17(2)23(16)12-11-21(3)4)19(24)9-5-7-18-8-6-10-20-13-18/h6,8,10,13,16-17H,5,7,9,11-12,14-15H2,1-4H3. The van der Waals surface area contributed by atoms with Crippen LogP contribution in [0.2, 0.25) is 0 Å². The highest BCUT2D eigenvalue weighted by atomic mass is 16.2. The van der Waals surface area contributed by atoms with Gasteiger partial charge in [0, 0.05) is 57.1 Å². The van der Waals surface area contributed by atoms with E-state index >= 15 is 0 Å². The van der Waals surface area contributed by atoms with Gasteiger partial charge in [-0.1, -0.05) is 6.07 Å². The molecule has 0 saturated carbocycles. The van der Waals surface area contributed by atoms with Crippen LogP contribution in [0.4, 0.5) is 0 Å². The topological polar surface area (TPSA) is 39.7 Å². The van der Waals surface area contributed by atoms with Crippen molar-refractivity contribution in [3.63, 3.8) is 0 Å². The van der Waals surface area contributed by atoms with Crippen molar-refractivity contribution in [1.29, 1.82) is 0 Å². The normalized spacial score (nSPS) is 22.1. The van der Waals surface area contributed by atoms with Crippen molar-refractivity contribution < 1.29 is 4.79 Å². The molecule has 134 valence electrons. The number of piperazine rings is 1. The maximum absolute atomic E-state index is 12.5. The number of hydrogen-bond donors (Lipinski definition) is 0. The van der Waals surface area contributed by atoms with Crippen LogP contribution in [0.15, 0.2) is 24.5 Å². The molecule has 1 fully saturated rings. The minimum atomic E-state index is 0.296. The molecule has 1 aromatic heterocycles. The monoisotopic (exact) mass is 332 g/mol. The minimum absolute atomic E-state index is 0.296. The average Bonchev–Trinajstić information content (AvgIpc) is 2.54. The summed E-state index contributed by atoms with van der Waals surface area (Å²) in [6.07, 6.45) is 6.12. The maximum atomic E-state index is 12.5.